The Labute approximate surface area is 124 Å². The molecule has 0 aromatic heterocycles. The van der Waals surface area contributed by atoms with Gasteiger partial charge in [0.1, 0.15) is 5.82 Å². The molecule has 0 saturated carbocycles. The number of halogens is 2. The summed E-state index contributed by atoms with van der Waals surface area (Å²) >= 11 is 5.85. The summed E-state index contributed by atoms with van der Waals surface area (Å²) in [6.07, 6.45) is 0.893. The average Bonchev–Trinajstić information content (AvgIpc) is 2.73. The molecule has 2 unspecified atom stereocenters. The summed E-state index contributed by atoms with van der Waals surface area (Å²) in [4.78, 5) is 0. The number of benzene rings is 1. The Morgan fingerprint density at radius 1 is 1.45 bits per heavy atom. The highest BCUT2D eigenvalue weighted by Crippen LogP contribution is 2.38. The summed E-state index contributed by atoms with van der Waals surface area (Å²) in [7, 11) is 0. The van der Waals surface area contributed by atoms with Crippen LogP contribution in [-0.2, 0) is 0 Å². The summed E-state index contributed by atoms with van der Waals surface area (Å²) in [6.45, 7) is 7.07. The highest BCUT2D eigenvalue weighted by Gasteiger charge is 2.39. The van der Waals surface area contributed by atoms with Crippen LogP contribution in [0.15, 0.2) is 18.2 Å². The van der Waals surface area contributed by atoms with Crippen LogP contribution in [0.5, 0.6) is 0 Å². The molecule has 1 heterocycles. The predicted octanol–water partition coefficient (Wildman–Crippen LogP) is 4.11. The van der Waals surface area contributed by atoms with Crippen LogP contribution in [0, 0.1) is 28.5 Å². The van der Waals surface area contributed by atoms with Crippen LogP contribution in [0.3, 0.4) is 0 Å². The van der Waals surface area contributed by atoms with Crippen LogP contribution < -0.4 is 5.32 Å². The van der Waals surface area contributed by atoms with E-state index >= 15 is 0 Å². The first kappa shape index (κ1) is 15.3. The second kappa shape index (κ2) is 5.71. The third-order valence-corrected chi connectivity index (χ3v) is 4.12. The van der Waals surface area contributed by atoms with Gasteiger partial charge in [0.05, 0.1) is 17.0 Å². The maximum Gasteiger partial charge on any atom is 0.145 e. The molecule has 2 nitrogen and oxygen atoms in total. The van der Waals surface area contributed by atoms with Crippen LogP contribution in [0.25, 0.3) is 0 Å². The largest absolute Gasteiger partial charge is 0.312 e. The summed E-state index contributed by atoms with van der Waals surface area (Å²) in [6, 6.07) is 7.47. The number of rotatable bonds is 2. The van der Waals surface area contributed by atoms with E-state index in [0.29, 0.717) is 12.1 Å². The molecule has 3 atom stereocenters. The monoisotopic (exact) mass is 294 g/mol. The molecule has 0 radical (unpaired) electrons. The van der Waals surface area contributed by atoms with Gasteiger partial charge in [-0.2, -0.15) is 5.26 Å². The molecule has 0 bridgehead atoms. The van der Waals surface area contributed by atoms with Crippen LogP contribution in [0.2, 0.25) is 5.02 Å². The molecule has 108 valence electrons. The van der Waals surface area contributed by atoms with Gasteiger partial charge in [-0.15, -0.1) is 0 Å². The van der Waals surface area contributed by atoms with Crippen LogP contribution in [0.4, 0.5) is 4.39 Å². The summed E-state index contributed by atoms with van der Waals surface area (Å²) < 4.78 is 14.2. The highest BCUT2D eigenvalue weighted by molar-refractivity contribution is 6.30. The zero-order valence-corrected chi connectivity index (χ0v) is 12.8. The van der Waals surface area contributed by atoms with Crippen molar-refractivity contribution in [1.82, 2.24) is 5.32 Å². The maximum absolute atomic E-state index is 14.2. The van der Waals surface area contributed by atoms with E-state index in [2.05, 4.69) is 32.2 Å². The number of hydrogen-bond donors (Lipinski definition) is 1. The first-order valence-electron chi connectivity index (χ1n) is 6.90. The van der Waals surface area contributed by atoms with Crippen LogP contribution in [0.1, 0.15) is 38.7 Å². The molecular formula is C16H20ClFN2. The maximum atomic E-state index is 14.2. The Balaban J connectivity index is 2.26. The van der Waals surface area contributed by atoms with Crippen LogP contribution in [-0.4, -0.2) is 12.6 Å². The minimum Gasteiger partial charge on any atom is -0.312 e. The van der Waals surface area contributed by atoms with Gasteiger partial charge in [-0.1, -0.05) is 44.5 Å². The van der Waals surface area contributed by atoms with Gasteiger partial charge in [0.25, 0.3) is 0 Å². The molecule has 0 aliphatic carbocycles. The lowest BCUT2D eigenvalue weighted by atomic mass is 9.79. The van der Waals surface area contributed by atoms with Crippen LogP contribution >= 0.6 is 11.6 Å². The van der Waals surface area contributed by atoms with Gasteiger partial charge in [-0.05, 0) is 23.5 Å². The summed E-state index contributed by atoms with van der Waals surface area (Å²) in [5, 5.41) is 13.0. The fraction of sp³-hybridized carbons (Fsp3) is 0.562. The Kier molecular flexibility index (Phi) is 4.36. The topological polar surface area (TPSA) is 35.8 Å². The predicted molar refractivity (Wildman–Crippen MR) is 79.1 cm³/mol. The molecule has 0 amide bonds. The van der Waals surface area contributed by atoms with Crippen molar-refractivity contribution in [2.45, 2.75) is 39.2 Å². The molecule has 1 aromatic carbocycles. The molecule has 2 rings (SSSR count). The lowest BCUT2D eigenvalue weighted by molar-refractivity contribution is 0.304. The molecular weight excluding hydrogens is 275 g/mol. The third kappa shape index (κ3) is 3.13. The molecule has 1 aromatic rings. The van der Waals surface area contributed by atoms with E-state index in [1.54, 1.807) is 12.1 Å². The average molecular weight is 295 g/mol. The minimum absolute atomic E-state index is 0.100. The Hall–Kier alpha value is -1.11. The summed E-state index contributed by atoms with van der Waals surface area (Å²) in [5.41, 5.74) is 0.683. The van der Waals surface area contributed by atoms with Gasteiger partial charge in [-0.3, -0.25) is 0 Å². The number of nitrogens with zero attached hydrogens (tertiary/aromatic N) is 1. The Bertz CT molecular complexity index is 530. The second-order valence-corrected chi connectivity index (χ2v) is 7.09. The normalized spacial score (nSPS) is 26.5. The van der Waals surface area contributed by atoms with Gasteiger partial charge in [0, 0.05) is 18.5 Å². The first-order chi connectivity index (χ1) is 9.33. The molecule has 1 aliphatic rings. The molecule has 1 fully saturated rings. The van der Waals surface area contributed by atoms with Crippen molar-refractivity contribution in [3.8, 4) is 6.07 Å². The molecule has 4 heteroatoms. The standard InChI is InChI=1S/C16H20ClFN2/c1-16(2,3)7-14-11(8-19)12(9-20-14)10-5-4-6-13(17)15(10)18/h4-6,11-12,14,20H,7,9H2,1-3H3/t11?,12-,14?/m1/s1. The van der Waals surface area contributed by atoms with Crippen molar-refractivity contribution in [3.63, 3.8) is 0 Å². The Morgan fingerprint density at radius 2 is 2.15 bits per heavy atom. The number of nitriles is 1. The van der Waals surface area contributed by atoms with Crippen molar-refractivity contribution < 1.29 is 4.39 Å². The smallest absolute Gasteiger partial charge is 0.145 e. The molecule has 1 aliphatic heterocycles. The minimum atomic E-state index is -0.391. The lowest BCUT2D eigenvalue weighted by Gasteiger charge is -2.26. The van der Waals surface area contributed by atoms with E-state index in [9.17, 15) is 9.65 Å². The van der Waals surface area contributed by atoms with Gasteiger partial charge < -0.3 is 5.32 Å². The van der Waals surface area contributed by atoms with E-state index < -0.39 is 5.82 Å². The van der Waals surface area contributed by atoms with Gasteiger partial charge in [-0.25, -0.2) is 4.39 Å². The van der Waals surface area contributed by atoms with Crippen molar-refractivity contribution in [2.24, 2.45) is 11.3 Å². The van der Waals surface area contributed by atoms with E-state index in [4.69, 9.17) is 11.6 Å². The van der Waals surface area contributed by atoms with Gasteiger partial charge >= 0.3 is 0 Å². The van der Waals surface area contributed by atoms with E-state index in [1.807, 2.05) is 0 Å². The van der Waals surface area contributed by atoms with Crippen molar-refractivity contribution in [3.05, 3.63) is 34.6 Å². The highest BCUT2D eigenvalue weighted by atomic mass is 35.5. The molecule has 1 N–H and O–H groups in total. The fourth-order valence-corrected chi connectivity index (χ4v) is 3.14. The Morgan fingerprint density at radius 3 is 2.75 bits per heavy atom. The quantitative estimate of drug-likeness (QED) is 0.891. The van der Waals surface area contributed by atoms with E-state index in [1.165, 1.54) is 6.07 Å². The SMILES string of the molecule is CC(C)(C)CC1NC[C@H](c2cccc(Cl)c2F)C1C#N. The number of nitrogens with one attached hydrogen (secondary N) is 1. The van der Waals surface area contributed by atoms with E-state index in [0.717, 1.165) is 6.42 Å². The molecule has 0 spiro atoms. The molecule has 1 saturated heterocycles. The van der Waals surface area contributed by atoms with Crippen molar-refractivity contribution in [1.29, 1.82) is 5.26 Å². The third-order valence-electron chi connectivity index (χ3n) is 3.83. The van der Waals surface area contributed by atoms with Gasteiger partial charge in [0.2, 0.25) is 0 Å². The summed E-state index contributed by atoms with van der Waals surface area (Å²) in [5.74, 6) is -0.745. The zero-order chi connectivity index (χ0) is 14.9. The van der Waals surface area contributed by atoms with Gasteiger partial charge in [0.15, 0.2) is 0 Å². The van der Waals surface area contributed by atoms with Crippen molar-refractivity contribution in [2.75, 3.05) is 6.54 Å². The lowest BCUT2D eigenvalue weighted by Crippen LogP contribution is -2.31. The second-order valence-electron chi connectivity index (χ2n) is 6.68. The molecule has 20 heavy (non-hydrogen) atoms. The van der Waals surface area contributed by atoms with E-state index in [-0.39, 0.29) is 28.3 Å². The fourth-order valence-electron chi connectivity index (χ4n) is 2.96. The zero-order valence-electron chi connectivity index (χ0n) is 12.1. The van der Waals surface area contributed by atoms with Crippen molar-refractivity contribution >= 4 is 11.6 Å². The number of hydrogen-bond acceptors (Lipinski definition) is 2. The first-order valence-corrected chi connectivity index (χ1v) is 7.28.